The summed E-state index contributed by atoms with van der Waals surface area (Å²) in [5.41, 5.74) is 4.55. The van der Waals surface area contributed by atoms with Crippen LogP contribution in [-0.2, 0) is 38.2 Å². The van der Waals surface area contributed by atoms with Crippen LogP contribution < -0.4 is 27.0 Å². The molecule has 2 fully saturated rings. The lowest BCUT2D eigenvalue weighted by molar-refractivity contribution is -0.147. The zero-order valence-corrected chi connectivity index (χ0v) is 35.6. The summed E-state index contributed by atoms with van der Waals surface area (Å²) >= 11 is 0. The number of aliphatic hydroxyl groups is 2. The van der Waals surface area contributed by atoms with E-state index in [-0.39, 0.29) is 17.8 Å². The number of carbonyl (C=O) groups excluding carboxylic acids is 7. The average molecular weight is 811 g/mol. The maximum atomic E-state index is 14.1. The molecule has 17 nitrogen and oxygen atoms in total. The molecule has 0 aliphatic heterocycles. The number of nitrogens with zero attached hydrogens (tertiary/aromatic N) is 1. The van der Waals surface area contributed by atoms with Crippen LogP contribution in [0.1, 0.15) is 120 Å². The second-order valence-corrected chi connectivity index (χ2v) is 17.4. The molecule has 2 aliphatic rings. The number of nitrogens with one attached hydrogen (secondary N) is 4. The fourth-order valence-corrected chi connectivity index (χ4v) is 7.59. The van der Waals surface area contributed by atoms with E-state index < -0.39 is 108 Å². The fraction of sp³-hybridized carbons (Fsp3) is 0.825. The molecule has 57 heavy (non-hydrogen) atoms. The Bertz CT molecular complexity index is 1400. The van der Waals surface area contributed by atoms with Crippen molar-refractivity contribution in [1.82, 2.24) is 26.2 Å². The number of rotatable bonds is 18. The molecule has 0 saturated heterocycles. The van der Waals surface area contributed by atoms with E-state index in [2.05, 4.69) is 21.3 Å². The van der Waals surface area contributed by atoms with Crippen LogP contribution in [0.25, 0.3) is 0 Å². The summed E-state index contributed by atoms with van der Waals surface area (Å²) in [7, 11) is 1.23. The highest BCUT2D eigenvalue weighted by molar-refractivity contribution is 6.01. The highest BCUT2D eigenvalue weighted by Crippen LogP contribution is 2.38. The number of esters is 1. The van der Waals surface area contributed by atoms with Gasteiger partial charge in [0, 0.05) is 5.92 Å². The number of methoxy groups -OCH3 is 1. The molecule has 2 aliphatic carbocycles. The van der Waals surface area contributed by atoms with Crippen LogP contribution in [0.4, 0.5) is 4.79 Å². The van der Waals surface area contributed by atoms with Gasteiger partial charge < -0.3 is 46.7 Å². The van der Waals surface area contributed by atoms with Gasteiger partial charge in [-0.25, -0.2) is 14.5 Å². The Morgan fingerprint density at radius 3 is 1.89 bits per heavy atom. The molecule has 0 aromatic rings. The third kappa shape index (κ3) is 14.5. The summed E-state index contributed by atoms with van der Waals surface area (Å²) < 4.78 is 10.4. The third-order valence-corrected chi connectivity index (χ3v) is 10.9. The molecule has 9 atom stereocenters. The topological polar surface area (TPSA) is 256 Å². The zero-order valence-electron chi connectivity index (χ0n) is 35.6. The molecular formula is C40H70N6O11. The van der Waals surface area contributed by atoms with Crippen LogP contribution in [0.3, 0.4) is 0 Å². The Hall–Kier alpha value is -3.83. The van der Waals surface area contributed by atoms with Crippen molar-refractivity contribution in [3.05, 3.63) is 0 Å². The summed E-state index contributed by atoms with van der Waals surface area (Å²) in [6, 6.07) is -6.89. The minimum atomic E-state index is -1.47. The summed E-state index contributed by atoms with van der Waals surface area (Å²) in [4.78, 5) is 94.1. The molecule has 2 saturated carbocycles. The van der Waals surface area contributed by atoms with Gasteiger partial charge in [-0.1, -0.05) is 66.2 Å². The summed E-state index contributed by atoms with van der Waals surface area (Å²) in [5.74, 6) is -5.89. The van der Waals surface area contributed by atoms with Crippen molar-refractivity contribution in [3.8, 4) is 0 Å². The van der Waals surface area contributed by atoms with E-state index in [0.29, 0.717) is 30.6 Å². The number of ether oxygens (including phenoxy) is 2. The molecule has 2 rings (SSSR count). The first-order valence-electron chi connectivity index (χ1n) is 20.4. The highest BCUT2D eigenvalue weighted by Gasteiger charge is 2.44. The molecular weight excluding hydrogens is 740 g/mol. The quantitative estimate of drug-likeness (QED) is 0.0976. The number of carbonyl (C=O) groups is 7. The second-order valence-electron chi connectivity index (χ2n) is 17.4. The van der Waals surface area contributed by atoms with Crippen molar-refractivity contribution in [2.75, 3.05) is 13.7 Å². The third-order valence-electron chi connectivity index (χ3n) is 10.9. The molecule has 8 N–H and O–H groups in total. The first-order valence-corrected chi connectivity index (χ1v) is 20.4. The van der Waals surface area contributed by atoms with Crippen molar-refractivity contribution < 1.29 is 53.2 Å². The van der Waals surface area contributed by atoms with Crippen LogP contribution in [0.15, 0.2) is 0 Å². The van der Waals surface area contributed by atoms with E-state index >= 15 is 0 Å². The lowest BCUT2D eigenvalue weighted by atomic mass is 9.79. The lowest BCUT2D eigenvalue weighted by Crippen LogP contribution is -2.60. The Morgan fingerprint density at radius 1 is 0.772 bits per heavy atom. The van der Waals surface area contributed by atoms with Crippen LogP contribution >= 0.6 is 0 Å². The molecule has 0 bridgehead atoms. The molecule has 0 aromatic carbocycles. The highest BCUT2D eigenvalue weighted by atomic mass is 16.6. The van der Waals surface area contributed by atoms with Crippen molar-refractivity contribution in [2.24, 2.45) is 35.3 Å². The molecule has 326 valence electrons. The molecule has 0 spiro atoms. The van der Waals surface area contributed by atoms with Gasteiger partial charge in [0.2, 0.25) is 23.6 Å². The Labute approximate surface area is 337 Å². The normalized spacial score (nSPS) is 21.2. The van der Waals surface area contributed by atoms with Gasteiger partial charge in [-0.15, -0.1) is 0 Å². The number of hydrogen-bond donors (Lipinski definition) is 7. The maximum absolute atomic E-state index is 14.1. The van der Waals surface area contributed by atoms with Gasteiger partial charge in [0.15, 0.2) is 0 Å². The van der Waals surface area contributed by atoms with Gasteiger partial charge in [-0.2, -0.15) is 0 Å². The van der Waals surface area contributed by atoms with E-state index in [0.717, 1.165) is 32.1 Å². The number of aliphatic hydroxyl groups excluding tert-OH is 2. The molecule has 0 aromatic heterocycles. The molecule has 6 amide bonds. The largest absolute Gasteiger partial charge is 0.467 e. The first kappa shape index (κ1) is 49.3. The first-order chi connectivity index (χ1) is 26.5. The number of hydrogen-bond acceptors (Lipinski definition) is 12. The van der Waals surface area contributed by atoms with Crippen LogP contribution in [0.2, 0.25) is 0 Å². The van der Waals surface area contributed by atoms with Crippen molar-refractivity contribution in [2.45, 2.75) is 168 Å². The Kier molecular flexibility index (Phi) is 19.3. The summed E-state index contributed by atoms with van der Waals surface area (Å²) in [5, 5.41) is 32.2. The van der Waals surface area contributed by atoms with E-state index in [1.54, 1.807) is 48.5 Å². The van der Waals surface area contributed by atoms with Crippen molar-refractivity contribution in [3.63, 3.8) is 0 Å². The predicted octanol–water partition coefficient (Wildman–Crippen LogP) is 1.65. The Balaban J connectivity index is 2.40. The van der Waals surface area contributed by atoms with Gasteiger partial charge in [-0.05, 0) is 77.6 Å². The van der Waals surface area contributed by atoms with E-state index in [1.165, 1.54) is 21.0 Å². The monoisotopic (exact) mass is 811 g/mol. The van der Waals surface area contributed by atoms with Crippen LogP contribution in [-0.4, -0.2) is 118 Å². The average Bonchev–Trinajstić information content (AvgIpc) is 3.64. The van der Waals surface area contributed by atoms with Gasteiger partial charge in [0.25, 0.3) is 5.91 Å². The smallest absolute Gasteiger partial charge is 0.417 e. The van der Waals surface area contributed by atoms with Gasteiger partial charge in [0.1, 0.15) is 35.8 Å². The SMILES string of the molecule is COC(=O)C(NC(=O)[C@H](NC(=O)[C@@H]1CCCC1C(O)C(CC1CCCCC1)NC(=O)[C@H](C)N(C(=O)OC(C)(C)C)C(=O)[C@H](C)NC(=O)[C@@H](N)CO)C(C)C)C(C)C. The van der Waals surface area contributed by atoms with Crippen molar-refractivity contribution in [1.29, 1.82) is 0 Å². The number of amides is 6. The fourth-order valence-electron chi connectivity index (χ4n) is 7.59. The molecule has 0 radical (unpaired) electrons. The lowest BCUT2D eigenvalue weighted by Gasteiger charge is -2.37. The van der Waals surface area contributed by atoms with Crippen molar-refractivity contribution >= 4 is 41.6 Å². The molecule has 4 unspecified atom stereocenters. The van der Waals surface area contributed by atoms with Gasteiger partial charge in [0.05, 0.1) is 25.9 Å². The zero-order chi connectivity index (χ0) is 43.4. The number of imide groups is 1. The maximum Gasteiger partial charge on any atom is 0.417 e. The van der Waals surface area contributed by atoms with Gasteiger partial charge in [-0.3, -0.25) is 24.0 Å². The van der Waals surface area contributed by atoms with Gasteiger partial charge >= 0.3 is 12.1 Å². The minimum absolute atomic E-state index is 0.162. The van der Waals surface area contributed by atoms with E-state index in [9.17, 15) is 43.8 Å². The summed E-state index contributed by atoms with van der Waals surface area (Å²) in [6.07, 6.45) is 4.38. The summed E-state index contributed by atoms with van der Waals surface area (Å²) in [6.45, 7) is 13.8. The van der Waals surface area contributed by atoms with Crippen LogP contribution in [0, 0.1) is 29.6 Å². The van der Waals surface area contributed by atoms with Crippen LogP contribution in [0.5, 0.6) is 0 Å². The molecule has 17 heteroatoms. The molecule has 0 heterocycles. The number of nitrogens with two attached hydrogens (primary N) is 1. The second kappa shape index (κ2) is 22.4. The standard InChI is InChI=1S/C40H70N6O11/c1-21(2)30(36(52)45-31(22(3)4)38(54)56-10)44-34(50)27-18-14-17-26(27)32(48)29(19-25-15-12-11-13-16-25)43-33(49)24(6)46(39(55)57-40(7,8)9)37(53)23(5)42-35(51)28(41)20-47/h21-32,47-48H,11-20,41H2,1-10H3,(H,42,51)(H,43,49)(H,44,50)(H,45,52)/t23-,24-,26?,27+,28-,29?,30+,31?,32?/m0/s1. The van der Waals surface area contributed by atoms with E-state index in [1.807, 2.05) is 0 Å². The van der Waals surface area contributed by atoms with E-state index in [4.69, 9.17) is 15.2 Å². The predicted molar refractivity (Wildman–Crippen MR) is 211 cm³/mol. The Morgan fingerprint density at radius 2 is 1.37 bits per heavy atom. The minimum Gasteiger partial charge on any atom is -0.467 e.